The van der Waals surface area contributed by atoms with E-state index in [0.29, 0.717) is 25.5 Å². The maximum Gasteiger partial charge on any atom is 0.268 e. The minimum absolute atomic E-state index is 0.108. The summed E-state index contributed by atoms with van der Waals surface area (Å²) in [6.07, 6.45) is 1.85. The second-order valence-electron chi connectivity index (χ2n) is 7.66. The van der Waals surface area contributed by atoms with Gasteiger partial charge in [-0.2, -0.15) is 5.10 Å². The molecular weight excluding hydrogens is 414 g/mol. The van der Waals surface area contributed by atoms with Gasteiger partial charge in [-0.05, 0) is 37.1 Å². The van der Waals surface area contributed by atoms with Crippen LogP contribution in [0.5, 0.6) is 11.5 Å². The molecule has 0 aliphatic carbocycles. The van der Waals surface area contributed by atoms with Gasteiger partial charge in [0.05, 0.1) is 18.8 Å². The number of ether oxygens (including phenoxy) is 2. The maximum absolute atomic E-state index is 13.0. The van der Waals surface area contributed by atoms with Gasteiger partial charge in [0.15, 0.2) is 11.5 Å². The van der Waals surface area contributed by atoms with Crippen molar-refractivity contribution in [2.45, 2.75) is 31.5 Å². The number of benzene rings is 1. The van der Waals surface area contributed by atoms with Crippen molar-refractivity contribution < 1.29 is 14.3 Å². The van der Waals surface area contributed by atoms with Crippen LogP contribution in [-0.2, 0) is 26.7 Å². The summed E-state index contributed by atoms with van der Waals surface area (Å²) in [5.74, 6) is 1.34. The normalized spacial score (nSPS) is 15.5. The van der Waals surface area contributed by atoms with Crippen LogP contribution in [0.2, 0.25) is 0 Å². The van der Waals surface area contributed by atoms with Crippen molar-refractivity contribution in [3.05, 3.63) is 59.2 Å². The Morgan fingerprint density at radius 1 is 1.23 bits per heavy atom. The van der Waals surface area contributed by atoms with E-state index in [1.165, 1.54) is 5.69 Å². The Morgan fingerprint density at radius 2 is 2.10 bits per heavy atom. The second-order valence-corrected chi connectivity index (χ2v) is 8.80. The van der Waals surface area contributed by atoms with E-state index in [9.17, 15) is 4.79 Å². The highest BCUT2D eigenvalue weighted by Gasteiger charge is 2.22. The van der Waals surface area contributed by atoms with Crippen LogP contribution in [0.3, 0.4) is 0 Å². The number of nitrogens with zero attached hydrogens (tertiary/aromatic N) is 4. The van der Waals surface area contributed by atoms with Crippen LogP contribution in [0.15, 0.2) is 41.4 Å². The molecule has 2 aromatic heterocycles. The predicted octanol–water partition coefficient (Wildman–Crippen LogP) is 2.75. The average molecular weight is 440 g/mol. The van der Waals surface area contributed by atoms with E-state index >= 15 is 0 Å². The monoisotopic (exact) mass is 439 g/mol. The van der Waals surface area contributed by atoms with Gasteiger partial charge >= 0.3 is 0 Å². The number of aromatic nitrogens is 3. The minimum Gasteiger partial charge on any atom is -0.486 e. The maximum atomic E-state index is 13.0. The van der Waals surface area contributed by atoms with Crippen LogP contribution in [0, 0.1) is 6.92 Å². The van der Waals surface area contributed by atoms with E-state index in [1.807, 2.05) is 53.7 Å². The number of fused-ring (bicyclic) bond motifs is 2. The quantitative estimate of drug-likeness (QED) is 0.617. The summed E-state index contributed by atoms with van der Waals surface area (Å²) in [5.41, 5.74) is 3.84. The Labute approximate surface area is 185 Å². The van der Waals surface area contributed by atoms with Crippen LogP contribution in [0.1, 0.15) is 27.4 Å². The average Bonchev–Trinajstić information content (AvgIpc) is 3.37. The number of hydrogen-bond acceptors (Lipinski definition) is 6. The van der Waals surface area contributed by atoms with Crippen LogP contribution < -0.4 is 14.8 Å². The molecule has 1 amide bonds. The summed E-state index contributed by atoms with van der Waals surface area (Å²) >= 11 is 1.70. The van der Waals surface area contributed by atoms with Gasteiger partial charge in [-0.3, -0.25) is 9.48 Å². The van der Waals surface area contributed by atoms with Crippen LogP contribution in [0.4, 0.5) is 0 Å². The lowest BCUT2D eigenvalue weighted by molar-refractivity contribution is 0.0941. The summed E-state index contributed by atoms with van der Waals surface area (Å²) in [7, 11) is 1.93. The van der Waals surface area contributed by atoms with E-state index in [1.54, 1.807) is 11.9 Å². The fourth-order valence-corrected chi connectivity index (χ4v) is 4.98. The molecule has 0 bridgehead atoms. The Kier molecular flexibility index (Phi) is 5.37. The number of para-hydroxylation sites is 1. The van der Waals surface area contributed by atoms with Gasteiger partial charge in [0.1, 0.15) is 18.9 Å². The summed E-state index contributed by atoms with van der Waals surface area (Å²) in [5, 5.41) is 7.37. The van der Waals surface area contributed by atoms with Gasteiger partial charge in [-0.1, -0.05) is 12.1 Å². The lowest BCUT2D eigenvalue weighted by Crippen LogP contribution is -2.28. The van der Waals surface area contributed by atoms with Crippen molar-refractivity contribution in [2.75, 3.05) is 19.8 Å². The molecule has 2 aliphatic rings. The van der Waals surface area contributed by atoms with E-state index in [4.69, 9.17) is 9.47 Å². The molecular formula is C22H25N5O3S. The third-order valence-electron chi connectivity index (χ3n) is 5.74. The molecule has 0 fully saturated rings. The first-order valence-corrected chi connectivity index (χ1v) is 11.1. The molecule has 4 heterocycles. The van der Waals surface area contributed by atoms with Crippen molar-refractivity contribution >= 4 is 17.9 Å². The summed E-state index contributed by atoms with van der Waals surface area (Å²) in [4.78, 5) is 14.0. The van der Waals surface area contributed by atoms with Crippen molar-refractivity contribution in [1.29, 1.82) is 0 Å². The van der Waals surface area contributed by atoms with Gasteiger partial charge in [0.25, 0.3) is 5.91 Å². The zero-order valence-electron chi connectivity index (χ0n) is 17.6. The lowest BCUT2D eigenvalue weighted by atomic mass is 10.1. The van der Waals surface area contributed by atoms with Crippen molar-refractivity contribution in [2.24, 2.45) is 7.05 Å². The first kappa shape index (κ1) is 20.0. The highest BCUT2D eigenvalue weighted by molar-refractivity contribution is 7.97. The van der Waals surface area contributed by atoms with E-state index < -0.39 is 0 Å². The topological polar surface area (TPSA) is 73.6 Å². The fourth-order valence-electron chi connectivity index (χ4n) is 3.90. The highest BCUT2D eigenvalue weighted by atomic mass is 32.2. The standard InChI is InChI=1S/C22H25N5O3S/c1-15-20(31-26-8-9-27-17(14-26)6-7-24-27)12-18(25(15)2)22(28)23-13-16-4-3-5-19-21(16)30-11-10-29-19/h3-7,12H,8-11,13-14H2,1-2H3,(H,23,28). The molecule has 31 heavy (non-hydrogen) atoms. The molecule has 3 aromatic rings. The zero-order valence-corrected chi connectivity index (χ0v) is 18.4. The fraction of sp³-hybridized carbons (Fsp3) is 0.364. The minimum atomic E-state index is -0.108. The molecule has 8 nitrogen and oxygen atoms in total. The van der Waals surface area contributed by atoms with Crippen molar-refractivity contribution in [3.63, 3.8) is 0 Å². The molecule has 162 valence electrons. The number of rotatable bonds is 5. The Bertz CT molecular complexity index is 1120. The second kappa shape index (κ2) is 8.32. The Balaban J connectivity index is 1.27. The van der Waals surface area contributed by atoms with Gasteiger partial charge in [-0.25, -0.2) is 4.31 Å². The highest BCUT2D eigenvalue weighted by Crippen LogP contribution is 2.34. The molecule has 9 heteroatoms. The van der Waals surface area contributed by atoms with Crippen LogP contribution in [-0.4, -0.2) is 44.3 Å². The Morgan fingerprint density at radius 3 is 3.00 bits per heavy atom. The number of carbonyl (C=O) groups excluding carboxylic acids is 1. The van der Waals surface area contributed by atoms with Gasteiger partial charge < -0.3 is 19.4 Å². The predicted molar refractivity (Wildman–Crippen MR) is 117 cm³/mol. The largest absolute Gasteiger partial charge is 0.486 e. The third kappa shape index (κ3) is 3.90. The number of hydrogen-bond donors (Lipinski definition) is 1. The van der Waals surface area contributed by atoms with Crippen LogP contribution in [0.25, 0.3) is 0 Å². The molecule has 1 N–H and O–H groups in total. The number of amides is 1. The molecule has 1 aromatic carbocycles. The van der Waals surface area contributed by atoms with Crippen LogP contribution >= 0.6 is 11.9 Å². The first-order valence-electron chi connectivity index (χ1n) is 10.4. The van der Waals surface area contributed by atoms with Gasteiger partial charge in [0.2, 0.25) is 0 Å². The van der Waals surface area contributed by atoms with Crippen molar-refractivity contribution in [1.82, 2.24) is 24.0 Å². The molecule has 0 radical (unpaired) electrons. The summed E-state index contributed by atoms with van der Waals surface area (Å²) in [6.45, 7) is 6.12. The molecule has 0 atom stereocenters. The van der Waals surface area contributed by atoms with E-state index in [-0.39, 0.29) is 5.91 Å². The first-order chi connectivity index (χ1) is 15.1. The summed E-state index contributed by atoms with van der Waals surface area (Å²) < 4.78 is 17.7. The van der Waals surface area contributed by atoms with E-state index in [2.05, 4.69) is 20.8 Å². The van der Waals surface area contributed by atoms with E-state index in [0.717, 1.165) is 47.3 Å². The number of nitrogens with one attached hydrogen (secondary N) is 1. The SMILES string of the molecule is Cc1c(SN2CCn3nccc3C2)cc(C(=O)NCc2cccc3c2OCCO3)n1C. The smallest absolute Gasteiger partial charge is 0.268 e. The molecule has 2 aliphatic heterocycles. The molecule has 0 saturated carbocycles. The molecule has 0 saturated heterocycles. The lowest BCUT2D eigenvalue weighted by Gasteiger charge is -2.26. The molecule has 0 spiro atoms. The van der Waals surface area contributed by atoms with Gasteiger partial charge in [-0.15, -0.1) is 0 Å². The molecule has 5 rings (SSSR count). The Hall–Kier alpha value is -2.91. The van der Waals surface area contributed by atoms with Crippen molar-refractivity contribution in [3.8, 4) is 11.5 Å². The molecule has 0 unspecified atom stereocenters. The third-order valence-corrected chi connectivity index (χ3v) is 6.92. The zero-order chi connectivity index (χ0) is 21.4. The van der Waals surface area contributed by atoms with Gasteiger partial charge in [0, 0.05) is 42.5 Å². The summed E-state index contributed by atoms with van der Waals surface area (Å²) in [6, 6.07) is 9.78. The number of carbonyl (C=O) groups is 1.